The molecule has 6 nitrogen and oxygen atoms in total. The molecule has 3 N–H and O–H groups in total. The molecule has 0 radical (unpaired) electrons. The number of benzene rings is 2. The number of hydrogen-bond donors (Lipinski definition) is 3. The smallest absolute Gasteiger partial charge is 0.258 e. The minimum atomic E-state index is -0.754. The molecule has 1 aliphatic rings. The summed E-state index contributed by atoms with van der Waals surface area (Å²) in [6, 6.07) is 8.39. The molecule has 1 fully saturated rings. The summed E-state index contributed by atoms with van der Waals surface area (Å²) in [7, 11) is 0. The van der Waals surface area contributed by atoms with Crippen molar-refractivity contribution >= 4 is 29.1 Å². The molecule has 10 heteroatoms. The molecule has 0 heterocycles. The topological polar surface area (TPSA) is 79.8 Å². The number of ether oxygens (including phenoxy) is 2. The summed E-state index contributed by atoms with van der Waals surface area (Å²) in [5.41, 5.74) is 0. The zero-order valence-corrected chi connectivity index (χ0v) is 19.3. The van der Waals surface area contributed by atoms with Gasteiger partial charge in [0.1, 0.15) is 35.8 Å². The fourth-order valence-electron chi connectivity index (χ4n) is 3.55. The van der Waals surface area contributed by atoms with Gasteiger partial charge in [0.25, 0.3) is 5.91 Å². The van der Waals surface area contributed by atoms with Gasteiger partial charge in [-0.05, 0) is 49.9 Å². The van der Waals surface area contributed by atoms with Crippen molar-refractivity contribution in [2.45, 2.75) is 43.9 Å². The third kappa shape index (κ3) is 8.30. The van der Waals surface area contributed by atoms with Gasteiger partial charge in [-0.2, -0.15) is 0 Å². The second kappa shape index (κ2) is 12.4. The van der Waals surface area contributed by atoms with Crippen LogP contribution >= 0.6 is 23.2 Å². The van der Waals surface area contributed by atoms with Crippen LogP contribution in [0.3, 0.4) is 0 Å². The maximum Gasteiger partial charge on any atom is 0.258 e. The fraction of sp³-hybridized carbons (Fsp3) is 0.435. The zero-order chi connectivity index (χ0) is 23.8. The van der Waals surface area contributed by atoms with Gasteiger partial charge in [0.2, 0.25) is 0 Å². The van der Waals surface area contributed by atoms with Crippen molar-refractivity contribution in [3.63, 3.8) is 0 Å². The summed E-state index contributed by atoms with van der Waals surface area (Å²) in [6.45, 7) is 0.156. The fourth-order valence-corrected chi connectivity index (χ4v) is 3.78. The summed E-state index contributed by atoms with van der Waals surface area (Å²) >= 11 is 11.3. The summed E-state index contributed by atoms with van der Waals surface area (Å²) in [5.74, 6) is -0.902. The van der Waals surface area contributed by atoms with Gasteiger partial charge in [-0.1, -0.05) is 23.2 Å². The molecule has 0 bridgehead atoms. The minimum Gasteiger partial charge on any atom is -0.491 e. The first-order valence-electron chi connectivity index (χ1n) is 10.7. The Morgan fingerprint density at radius 3 is 2.09 bits per heavy atom. The molecule has 2 aromatic rings. The molecule has 0 aliphatic heterocycles. The number of rotatable bonds is 10. The van der Waals surface area contributed by atoms with Crippen LogP contribution < -0.4 is 20.1 Å². The molecule has 0 aromatic heterocycles. The Balaban J connectivity index is 1.29. The number of aliphatic hydroxyl groups is 1. The predicted octanol–water partition coefficient (Wildman–Crippen LogP) is 4.11. The molecular weight excluding hydrogens is 477 g/mol. The van der Waals surface area contributed by atoms with E-state index < -0.39 is 17.7 Å². The van der Waals surface area contributed by atoms with Crippen LogP contribution in [0, 0.1) is 11.6 Å². The van der Waals surface area contributed by atoms with Crippen LogP contribution in [-0.4, -0.2) is 49.0 Å². The molecule has 1 saturated carbocycles. The molecule has 3 rings (SSSR count). The van der Waals surface area contributed by atoms with Crippen molar-refractivity contribution in [3.05, 3.63) is 58.1 Å². The van der Waals surface area contributed by atoms with E-state index in [4.69, 9.17) is 32.7 Å². The van der Waals surface area contributed by atoms with Crippen molar-refractivity contribution in [3.8, 4) is 11.5 Å². The third-order valence-corrected chi connectivity index (χ3v) is 5.94. The van der Waals surface area contributed by atoms with Gasteiger partial charge in [-0.15, -0.1) is 0 Å². The number of hydrogen-bond acceptors (Lipinski definition) is 5. The lowest BCUT2D eigenvalue weighted by molar-refractivity contribution is -0.124. The van der Waals surface area contributed by atoms with Crippen LogP contribution in [0.4, 0.5) is 8.78 Å². The largest absolute Gasteiger partial charge is 0.491 e. The lowest BCUT2D eigenvalue weighted by atomic mass is 9.91. The first-order chi connectivity index (χ1) is 15.8. The van der Waals surface area contributed by atoms with Crippen LogP contribution in [-0.2, 0) is 4.79 Å². The van der Waals surface area contributed by atoms with Crippen molar-refractivity contribution in [1.29, 1.82) is 0 Å². The Labute approximate surface area is 201 Å². The lowest BCUT2D eigenvalue weighted by Gasteiger charge is -2.30. The normalized spacial score (nSPS) is 19.1. The Morgan fingerprint density at radius 2 is 1.52 bits per heavy atom. The van der Waals surface area contributed by atoms with Crippen LogP contribution in [0.15, 0.2) is 36.4 Å². The number of carbonyl (C=O) groups excluding carboxylic acids is 1. The number of nitrogens with one attached hydrogen (secondary N) is 2. The third-order valence-electron chi connectivity index (χ3n) is 5.33. The molecule has 180 valence electrons. The van der Waals surface area contributed by atoms with Gasteiger partial charge in [0.15, 0.2) is 6.61 Å². The highest BCUT2D eigenvalue weighted by Gasteiger charge is 2.23. The second-order valence-corrected chi connectivity index (χ2v) is 8.74. The van der Waals surface area contributed by atoms with E-state index >= 15 is 0 Å². The number of aliphatic hydroxyl groups excluding tert-OH is 1. The van der Waals surface area contributed by atoms with E-state index in [2.05, 4.69) is 10.6 Å². The van der Waals surface area contributed by atoms with E-state index in [9.17, 15) is 18.7 Å². The summed E-state index contributed by atoms with van der Waals surface area (Å²) < 4.78 is 37.5. The van der Waals surface area contributed by atoms with E-state index in [-0.39, 0.29) is 47.0 Å². The Hall–Kier alpha value is -2.13. The van der Waals surface area contributed by atoms with Crippen molar-refractivity contribution in [2.75, 3.05) is 19.8 Å². The van der Waals surface area contributed by atoms with Gasteiger partial charge >= 0.3 is 0 Å². The Bertz CT molecular complexity index is 943. The van der Waals surface area contributed by atoms with Crippen LogP contribution in [0.25, 0.3) is 0 Å². The van der Waals surface area contributed by atoms with E-state index in [1.165, 1.54) is 24.3 Å². The van der Waals surface area contributed by atoms with Gasteiger partial charge in [-0.25, -0.2) is 8.78 Å². The minimum absolute atomic E-state index is 0.00541. The predicted molar refractivity (Wildman–Crippen MR) is 122 cm³/mol. The summed E-state index contributed by atoms with van der Waals surface area (Å²) in [5, 5.41) is 16.3. The molecule has 0 spiro atoms. The monoisotopic (exact) mass is 502 g/mol. The number of halogens is 4. The highest BCUT2D eigenvalue weighted by molar-refractivity contribution is 6.31. The van der Waals surface area contributed by atoms with Gasteiger partial charge in [-0.3, -0.25) is 4.79 Å². The number of amides is 1. The molecule has 33 heavy (non-hydrogen) atoms. The molecule has 0 unspecified atom stereocenters. The summed E-state index contributed by atoms with van der Waals surface area (Å²) in [4.78, 5) is 12.1. The van der Waals surface area contributed by atoms with E-state index in [1.807, 2.05) is 0 Å². The zero-order valence-electron chi connectivity index (χ0n) is 17.8. The molecule has 1 aliphatic carbocycles. The van der Waals surface area contributed by atoms with Gasteiger partial charge < -0.3 is 25.2 Å². The van der Waals surface area contributed by atoms with E-state index in [0.29, 0.717) is 12.3 Å². The standard InChI is InChI=1S/C23H26Cl2F2N2O4/c24-19-7-5-17(9-21(19)26)32-12-16(30)11-28-14-1-3-15(4-2-14)29-23(31)13-33-18-6-8-20(25)22(27)10-18/h5-10,14-16,28,30H,1-4,11-13H2,(H,29,31)/t14?,15?,16-/m1/s1. The number of carbonyl (C=O) groups is 1. The molecule has 1 amide bonds. The average molecular weight is 503 g/mol. The maximum absolute atomic E-state index is 13.4. The average Bonchev–Trinajstić information content (AvgIpc) is 2.80. The van der Waals surface area contributed by atoms with E-state index in [1.54, 1.807) is 6.07 Å². The van der Waals surface area contributed by atoms with Crippen molar-refractivity contribution in [1.82, 2.24) is 10.6 Å². The van der Waals surface area contributed by atoms with Crippen molar-refractivity contribution in [2.24, 2.45) is 0 Å². The SMILES string of the molecule is O=C(COc1ccc(Cl)c(F)c1)NC1CCC(NC[C@@H](O)COc2ccc(Cl)c(F)c2)CC1. The maximum atomic E-state index is 13.4. The van der Waals surface area contributed by atoms with Crippen LogP contribution in [0.1, 0.15) is 25.7 Å². The Morgan fingerprint density at radius 1 is 0.970 bits per heavy atom. The quantitative estimate of drug-likeness (QED) is 0.455. The van der Waals surface area contributed by atoms with Crippen LogP contribution in [0.2, 0.25) is 10.0 Å². The molecular formula is C23H26Cl2F2N2O4. The molecule has 0 saturated heterocycles. The van der Waals surface area contributed by atoms with Crippen LogP contribution in [0.5, 0.6) is 11.5 Å². The van der Waals surface area contributed by atoms with E-state index in [0.717, 1.165) is 31.7 Å². The first-order valence-corrected chi connectivity index (χ1v) is 11.4. The summed E-state index contributed by atoms with van der Waals surface area (Å²) in [6.07, 6.45) is 2.50. The highest BCUT2D eigenvalue weighted by atomic mass is 35.5. The first kappa shape index (κ1) is 25.5. The molecule has 2 aromatic carbocycles. The lowest BCUT2D eigenvalue weighted by Crippen LogP contribution is -2.45. The highest BCUT2D eigenvalue weighted by Crippen LogP contribution is 2.22. The van der Waals surface area contributed by atoms with Gasteiger partial charge in [0, 0.05) is 30.8 Å². The second-order valence-electron chi connectivity index (χ2n) is 7.93. The molecule has 1 atom stereocenters. The Kier molecular flexibility index (Phi) is 9.55. The van der Waals surface area contributed by atoms with Crippen molar-refractivity contribution < 1.29 is 28.2 Å². The van der Waals surface area contributed by atoms with Gasteiger partial charge in [0.05, 0.1) is 10.0 Å².